The van der Waals surface area contributed by atoms with Crippen molar-refractivity contribution in [2.24, 2.45) is 0 Å². The van der Waals surface area contributed by atoms with Crippen molar-refractivity contribution >= 4 is 50.0 Å². The fraction of sp³-hybridized carbons (Fsp3) is 0.0833. The van der Waals surface area contributed by atoms with Gasteiger partial charge in [-0.2, -0.15) is 0 Å². The number of aromatic nitrogens is 2. The Hall–Kier alpha value is -3.63. The zero-order chi connectivity index (χ0) is 23.9. The summed E-state index contributed by atoms with van der Waals surface area (Å²) in [6, 6.07) is 20.9. The number of rotatable bonds is 7. The Labute approximate surface area is 207 Å². The highest BCUT2D eigenvalue weighted by Gasteiger charge is 2.23. The lowest BCUT2D eigenvalue weighted by atomic mass is 10.1. The minimum absolute atomic E-state index is 0.275. The Morgan fingerprint density at radius 2 is 1.62 bits per heavy atom. The molecule has 3 amide bonds. The second-order valence-electron chi connectivity index (χ2n) is 7.26. The zero-order valence-electron chi connectivity index (χ0n) is 17.7. The number of urea groups is 1. The number of carbonyl (C=O) groups excluding carboxylic acids is 2. The molecular weight excluding hydrogens is 521 g/mol. The first kappa shape index (κ1) is 23.5. The van der Waals surface area contributed by atoms with Gasteiger partial charge in [0.05, 0.1) is 0 Å². The van der Waals surface area contributed by atoms with Gasteiger partial charge in [-0.05, 0) is 54.1 Å². The summed E-state index contributed by atoms with van der Waals surface area (Å²) in [6.07, 6.45) is 0.282. The molecule has 0 saturated heterocycles. The summed E-state index contributed by atoms with van der Waals surface area (Å²) in [5.74, 6) is -0.783. The Balaban J connectivity index is 1.46. The van der Waals surface area contributed by atoms with Crippen molar-refractivity contribution < 1.29 is 14.0 Å². The Bertz CT molecular complexity index is 1270. The van der Waals surface area contributed by atoms with E-state index in [0.29, 0.717) is 16.3 Å². The van der Waals surface area contributed by atoms with E-state index in [1.165, 1.54) is 12.1 Å². The first-order valence-electron chi connectivity index (χ1n) is 10.2. The quantitative estimate of drug-likeness (QED) is 0.289. The molecule has 4 aromatic rings. The first-order valence-corrected chi connectivity index (χ1v) is 11.8. The zero-order valence-corrected chi connectivity index (χ0v) is 20.1. The highest BCUT2D eigenvalue weighted by atomic mass is 79.9. The maximum atomic E-state index is 13.2. The number of halogens is 2. The van der Waals surface area contributed by atoms with Gasteiger partial charge in [0.15, 0.2) is 0 Å². The van der Waals surface area contributed by atoms with Gasteiger partial charge >= 0.3 is 6.03 Å². The number of hydrogen-bond donors (Lipinski definition) is 3. The van der Waals surface area contributed by atoms with Gasteiger partial charge in [0.25, 0.3) is 0 Å². The van der Waals surface area contributed by atoms with Crippen LogP contribution in [0.15, 0.2) is 83.3 Å². The molecule has 10 heteroatoms. The first-order chi connectivity index (χ1) is 16.5. The van der Waals surface area contributed by atoms with E-state index in [-0.39, 0.29) is 17.4 Å². The van der Waals surface area contributed by atoms with Gasteiger partial charge in [-0.3, -0.25) is 10.1 Å². The van der Waals surface area contributed by atoms with Crippen molar-refractivity contribution in [3.05, 3.63) is 94.7 Å². The van der Waals surface area contributed by atoms with E-state index in [1.54, 1.807) is 36.4 Å². The number of hydrogen-bond acceptors (Lipinski definition) is 5. The normalized spacial score (nSPS) is 11.5. The summed E-state index contributed by atoms with van der Waals surface area (Å²) in [5, 5.41) is 17.1. The van der Waals surface area contributed by atoms with E-state index in [9.17, 15) is 14.0 Å². The molecule has 3 N–H and O–H groups in total. The molecule has 1 aromatic heterocycles. The molecule has 0 aliphatic rings. The highest BCUT2D eigenvalue weighted by Crippen LogP contribution is 2.26. The van der Waals surface area contributed by atoms with E-state index in [0.717, 1.165) is 21.4 Å². The summed E-state index contributed by atoms with van der Waals surface area (Å²) in [6.45, 7) is 0. The molecule has 0 saturated carbocycles. The molecule has 0 spiro atoms. The number of amides is 3. The average Bonchev–Trinajstić information content (AvgIpc) is 3.29. The van der Waals surface area contributed by atoms with Gasteiger partial charge < -0.3 is 10.6 Å². The number of nitrogens with one attached hydrogen (secondary N) is 3. The molecule has 0 radical (unpaired) electrons. The topological polar surface area (TPSA) is 96.0 Å². The third kappa shape index (κ3) is 6.46. The maximum Gasteiger partial charge on any atom is 0.319 e. The molecule has 34 heavy (non-hydrogen) atoms. The van der Waals surface area contributed by atoms with Crippen molar-refractivity contribution in [3.63, 3.8) is 0 Å². The number of nitrogens with zero attached hydrogens (tertiary/aromatic N) is 2. The largest absolute Gasteiger partial charge is 0.326 e. The fourth-order valence-electron chi connectivity index (χ4n) is 3.09. The molecular formula is C24H19BrFN5O2S. The molecule has 1 heterocycles. The lowest BCUT2D eigenvalue weighted by Crippen LogP contribution is -2.46. The number of carbonyl (C=O) groups is 2. The molecule has 4 rings (SSSR count). The van der Waals surface area contributed by atoms with Crippen LogP contribution in [0.1, 0.15) is 5.56 Å². The predicted molar refractivity (Wildman–Crippen MR) is 134 cm³/mol. The van der Waals surface area contributed by atoms with Crippen molar-refractivity contribution in [2.45, 2.75) is 12.5 Å². The third-order valence-electron chi connectivity index (χ3n) is 4.75. The summed E-state index contributed by atoms with van der Waals surface area (Å²) >= 11 is 4.51. The fourth-order valence-corrected chi connectivity index (χ4v) is 4.11. The van der Waals surface area contributed by atoms with E-state index >= 15 is 0 Å². The molecule has 0 aliphatic heterocycles. The average molecular weight is 540 g/mol. The molecule has 1 atom stereocenters. The van der Waals surface area contributed by atoms with E-state index in [4.69, 9.17) is 0 Å². The molecule has 1 unspecified atom stereocenters. The van der Waals surface area contributed by atoms with Crippen molar-refractivity contribution in [1.29, 1.82) is 0 Å². The SMILES string of the molecule is O=C(Nc1ccc(Br)cc1)NC(Cc1ccccc1)C(=O)Nc1nnc(-c2ccc(F)cc2)s1. The molecule has 172 valence electrons. The highest BCUT2D eigenvalue weighted by molar-refractivity contribution is 9.10. The van der Waals surface area contributed by atoms with Gasteiger partial charge in [0.1, 0.15) is 16.9 Å². The van der Waals surface area contributed by atoms with Gasteiger partial charge in [-0.15, -0.1) is 10.2 Å². The van der Waals surface area contributed by atoms with Crippen molar-refractivity contribution in [1.82, 2.24) is 15.5 Å². The van der Waals surface area contributed by atoms with Gasteiger partial charge in [-0.25, -0.2) is 9.18 Å². The van der Waals surface area contributed by atoms with Crippen LogP contribution in [0.2, 0.25) is 0 Å². The van der Waals surface area contributed by atoms with Crippen LogP contribution in [0.3, 0.4) is 0 Å². The monoisotopic (exact) mass is 539 g/mol. The molecule has 7 nitrogen and oxygen atoms in total. The molecule has 0 fully saturated rings. The molecule has 0 aliphatic carbocycles. The van der Waals surface area contributed by atoms with Crippen LogP contribution in [-0.2, 0) is 11.2 Å². The van der Waals surface area contributed by atoms with Gasteiger partial charge in [0.2, 0.25) is 11.0 Å². The van der Waals surface area contributed by atoms with Crippen LogP contribution in [0.25, 0.3) is 10.6 Å². The van der Waals surface area contributed by atoms with Crippen LogP contribution >= 0.6 is 27.3 Å². The minimum Gasteiger partial charge on any atom is -0.326 e. The standard InChI is InChI=1S/C24H19BrFN5O2S/c25-17-8-12-19(13-9-17)27-23(33)28-20(14-15-4-2-1-3-5-15)21(32)29-24-31-30-22(34-24)16-6-10-18(26)11-7-16/h1-13,20H,14H2,(H2,27,28,33)(H,29,31,32). The third-order valence-corrected chi connectivity index (χ3v) is 6.17. The molecule has 3 aromatic carbocycles. The van der Waals surface area contributed by atoms with E-state index in [1.807, 2.05) is 30.3 Å². The lowest BCUT2D eigenvalue weighted by Gasteiger charge is -2.18. The predicted octanol–water partition coefficient (Wildman–Crippen LogP) is 5.48. The summed E-state index contributed by atoms with van der Waals surface area (Å²) in [4.78, 5) is 25.7. The molecule has 0 bridgehead atoms. The van der Waals surface area contributed by atoms with Gasteiger partial charge in [0, 0.05) is 22.1 Å². The van der Waals surface area contributed by atoms with Crippen molar-refractivity contribution in [2.75, 3.05) is 10.6 Å². The summed E-state index contributed by atoms with van der Waals surface area (Å²) in [7, 11) is 0. The van der Waals surface area contributed by atoms with E-state index in [2.05, 4.69) is 42.1 Å². The minimum atomic E-state index is -0.865. The Morgan fingerprint density at radius 3 is 2.32 bits per heavy atom. The van der Waals surface area contributed by atoms with Crippen molar-refractivity contribution in [3.8, 4) is 10.6 Å². The number of benzene rings is 3. The van der Waals surface area contributed by atoms with Crippen LogP contribution in [0.5, 0.6) is 0 Å². The smallest absolute Gasteiger partial charge is 0.319 e. The van der Waals surface area contributed by atoms with Crippen LogP contribution in [0.4, 0.5) is 20.0 Å². The van der Waals surface area contributed by atoms with Gasteiger partial charge in [-0.1, -0.05) is 57.6 Å². The second kappa shape index (κ2) is 11.0. The van der Waals surface area contributed by atoms with Crippen LogP contribution < -0.4 is 16.0 Å². The summed E-state index contributed by atoms with van der Waals surface area (Å²) in [5.41, 5.74) is 2.16. The number of anilines is 2. The summed E-state index contributed by atoms with van der Waals surface area (Å²) < 4.78 is 14.1. The lowest BCUT2D eigenvalue weighted by molar-refractivity contribution is -0.117. The Morgan fingerprint density at radius 1 is 0.912 bits per heavy atom. The van der Waals surface area contributed by atoms with Crippen LogP contribution in [-0.4, -0.2) is 28.2 Å². The van der Waals surface area contributed by atoms with E-state index < -0.39 is 18.0 Å². The van der Waals surface area contributed by atoms with Crippen LogP contribution in [0, 0.1) is 5.82 Å². The maximum absolute atomic E-state index is 13.2. The Kier molecular flexibility index (Phi) is 7.61. The second-order valence-corrected chi connectivity index (χ2v) is 9.15.